The zero-order valence-corrected chi connectivity index (χ0v) is 8.02. The molecule has 3 rings (SSSR count). The van der Waals surface area contributed by atoms with Crippen molar-refractivity contribution in [2.75, 3.05) is 19.9 Å². The molecule has 70 valence electrons. The minimum Gasteiger partial charge on any atom is -0.453 e. The number of thiophene rings is 1. The first-order valence-corrected chi connectivity index (χ1v) is 5.41. The van der Waals surface area contributed by atoms with Gasteiger partial charge in [-0.05, 0) is 13.0 Å². The average Bonchev–Trinajstić information content (AvgIpc) is 2.79. The van der Waals surface area contributed by atoms with Crippen LogP contribution >= 0.6 is 11.3 Å². The molecule has 0 saturated carbocycles. The van der Waals surface area contributed by atoms with Gasteiger partial charge in [0.2, 0.25) is 6.79 Å². The lowest BCUT2D eigenvalue weighted by Crippen LogP contribution is -2.07. The molecule has 0 aliphatic carbocycles. The van der Waals surface area contributed by atoms with Crippen LogP contribution in [0.4, 0.5) is 0 Å². The van der Waals surface area contributed by atoms with Crippen LogP contribution in [0, 0.1) is 0 Å². The molecule has 0 spiro atoms. The largest absolute Gasteiger partial charge is 0.453 e. The minimum atomic E-state index is 0.394. The van der Waals surface area contributed by atoms with Crippen LogP contribution in [0.3, 0.4) is 0 Å². The summed E-state index contributed by atoms with van der Waals surface area (Å²) < 4.78 is 10.7. The number of hydrogen-bond donors (Lipinski definition) is 1. The van der Waals surface area contributed by atoms with Gasteiger partial charge in [-0.3, -0.25) is 0 Å². The van der Waals surface area contributed by atoms with Gasteiger partial charge >= 0.3 is 0 Å². The highest BCUT2D eigenvalue weighted by Gasteiger charge is 2.27. The summed E-state index contributed by atoms with van der Waals surface area (Å²) >= 11 is 1.76. The standard InChI is InChI=1S/C9H11NO2S/c1-2-10-3-6(1)9-8-7(4-13-9)11-5-12-8/h4,6,10H,1-3,5H2. The average molecular weight is 197 g/mol. The summed E-state index contributed by atoms with van der Waals surface area (Å²) in [5.41, 5.74) is 0. The van der Waals surface area contributed by atoms with Crippen LogP contribution in [-0.2, 0) is 0 Å². The molecule has 1 unspecified atom stereocenters. The zero-order chi connectivity index (χ0) is 8.67. The minimum absolute atomic E-state index is 0.394. The maximum atomic E-state index is 5.44. The fraction of sp³-hybridized carbons (Fsp3) is 0.556. The van der Waals surface area contributed by atoms with Gasteiger partial charge in [0.05, 0.1) is 4.88 Å². The highest BCUT2D eigenvalue weighted by atomic mass is 32.1. The van der Waals surface area contributed by atoms with E-state index < -0.39 is 0 Å². The molecule has 1 N–H and O–H groups in total. The number of fused-ring (bicyclic) bond motifs is 1. The van der Waals surface area contributed by atoms with E-state index in [9.17, 15) is 0 Å². The number of hydrogen-bond acceptors (Lipinski definition) is 4. The van der Waals surface area contributed by atoms with Crippen LogP contribution in [0.2, 0.25) is 0 Å². The van der Waals surface area contributed by atoms with E-state index in [1.807, 2.05) is 0 Å². The van der Waals surface area contributed by atoms with E-state index in [-0.39, 0.29) is 0 Å². The third-order valence-electron chi connectivity index (χ3n) is 2.59. The second kappa shape index (κ2) is 2.89. The van der Waals surface area contributed by atoms with E-state index in [0.717, 1.165) is 24.6 Å². The van der Waals surface area contributed by atoms with Crippen LogP contribution in [0.25, 0.3) is 0 Å². The Kier molecular flexibility index (Phi) is 1.70. The van der Waals surface area contributed by atoms with E-state index in [4.69, 9.17) is 9.47 Å². The molecule has 3 nitrogen and oxygen atoms in total. The van der Waals surface area contributed by atoms with Crippen molar-refractivity contribution in [1.29, 1.82) is 0 Å². The molecule has 1 aromatic heterocycles. The monoisotopic (exact) mass is 197 g/mol. The first-order valence-electron chi connectivity index (χ1n) is 4.53. The van der Waals surface area contributed by atoms with Crippen LogP contribution in [0.1, 0.15) is 17.2 Å². The van der Waals surface area contributed by atoms with Crippen molar-refractivity contribution in [2.24, 2.45) is 0 Å². The molecule has 1 fully saturated rings. The first-order chi connectivity index (χ1) is 6.45. The summed E-state index contributed by atoms with van der Waals surface area (Å²) in [4.78, 5) is 1.36. The van der Waals surface area contributed by atoms with Crippen molar-refractivity contribution < 1.29 is 9.47 Å². The number of ether oxygens (including phenoxy) is 2. The number of nitrogens with one attached hydrogen (secondary N) is 1. The van der Waals surface area contributed by atoms with E-state index in [1.54, 1.807) is 11.3 Å². The Bertz CT molecular complexity index is 317. The van der Waals surface area contributed by atoms with Crippen LogP contribution in [-0.4, -0.2) is 19.9 Å². The van der Waals surface area contributed by atoms with Crippen molar-refractivity contribution in [3.8, 4) is 11.5 Å². The van der Waals surface area contributed by atoms with E-state index >= 15 is 0 Å². The second-order valence-corrected chi connectivity index (χ2v) is 4.30. The van der Waals surface area contributed by atoms with Gasteiger partial charge in [-0.15, -0.1) is 11.3 Å². The predicted molar refractivity (Wildman–Crippen MR) is 50.7 cm³/mol. The maximum Gasteiger partial charge on any atom is 0.231 e. The summed E-state index contributed by atoms with van der Waals surface area (Å²) in [6, 6.07) is 0. The van der Waals surface area contributed by atoms with Gasteiger partial charge in [-0.1, -0.05) is 0 Å². The first kappa shape index (κ1) is 7.64. The molecule has 2 aliphatic rings. The van der Waals surface area contributed by atoms with E-state index in [1.165, 1.54) is 11.3 Å². The Hall–Kier alpha value is -0.740. The molecule has 1 saturated heterocycles. The van der Waals surface area contributed by atoms with Gasteiger partial charge in [0.25, 0.3) is 0 Å². The van der Waals surface area contributed by atoms with Crippen LogP contribution in [0.5, 0.6) is 11.5 Å². The molecule has 0 bridgehead atoms. The van der Waals surface area contributed by atoms with Crippen molar-refractivity contribution >= 4 is 11.3 Å². The third-order valence-corrected chi connectivity index (χ3v) is 3.69. The van der Waals surface area contributed by atoms with Crippen molar-refractivity contribution in [1.82, 2.24) is 5.32 Å². The Balaban J connectivity index is 1.95. The lowest BCUT2D eigenvalue weighted by molar-refractivity contribution is 0.173. The normalized spacial score (nSPS) is 25.4. The van der Waals surface area contributed by atoms with Gasteiger partial charge in [0.1, 0.15) is 0 Å². The molecular formula is C9H11NO2S. The van der Waals surface area contributed by atoms with Gasteiger partial charge in [-0.25, -0.2) is 0 Å². The van der Waals surface area contributed by atoms with Crippen LogP contribution < -0.4 is 14.8 Å². The molecule has 0 aromatic carbocycles. The SMILES string of the molecule is c1sc(C2CCNC2)c2c1OCO2. The second-order valence-electron chi connectivity index (χ2n) is 3.39. The highest BCUT2D eigenvalue weighted by molar-refractivity contribution is 7.10. The summed E-state index contributed by atoms with van der Waals surface area (Å²) in [5, 5.41) is 5.41. The maximum absolute atomic E-state index is 5.44. The fourth-order valence-corrected chi connectivity index (χ4v) is 2.97. The lowest BCUT2D eigenvalue weighted by atomic mass is 10.1. The molecule has 4 heteroatoms. The van der Waals surface area contributed by atoms with Gasteiger partial charge < -0.3 is 14.8 Å². The Morgan fingerprint density at radius 3 is 3.31 bits per heavy atom. The zero-order valence-electron chi connectivity index (χ0n) is 7.21. The molecule has 3 heterocycles. The third kappa shape index (κ3) is 1.13. The summed E-state index contributed by atoms with van der Waals surface area (Å²) in [5.74, 6) is 2.57. The van der Waals surface area contributed by atoms with Crippen molar-refractivity contribution in [3.05, 3.63) is 10.3 Å². The molecule has 1 atom stereocenters. The fourth-order valence-electron chi connectivity index (χ4n) is 1.90. The molecule has 2 aliphatic heterocycles. The van der Waals surface area contributed by atoms with Gasteiger partial charge in [-0.2, -0.15) is 0 Å². The molecular weight excluding hydrogens is 186 g/mol. The Morgan fingerprint density at radius 2 is 2.46 bits per heavy atom. The smallest absolute Gasteiger partial charge is 0.231 e. The molecule has 1 aromatic rings. The Morgan fingerprint density at radius 1 is 1.46 bits per heavy atom. The number of rotatable bonds is 1. The summed E-state index contributed by atoms with van der Waals surface area (Å²) in [6.07, 6.45) is 1.22. The Labute approximate surface area is 80.7 Å². The van der Waals surface area contributed by atoms with E-state index in [0.29, 0.717) is 12.7 Å². The quantitative estimate of drug-likeness (QED) is 0.741. The van der Waals surface area contributed by atoms with Gasteiger partial charge in [0.15, 0.2) is 11.5 Å². The van der Waals surface area contributed by atoms with Crippen molar-refractivity contribution in [3.63, 3.8) is 0 Å². The summed E-state index contributed by atoms with van der Waals surface area (Å²) in [6.45, 7) is 2.60. The van der Waals surface area contributed by atoms with Gasteiger partial charge in [0, 0.05) is 17.8 Å². The topological polar surface area (TPSA) is 30.5 Å². The van der Waals surface area contributed by atoms with Crippen molar-refractivity contribution in [2.45, 2.75) is 12.3 Å². The predicted octanol–water partition coefficient (Wildman–Crippen LogP) is 1.55. The lowest BCUT2D eigenvalue weighted by Gasteiger charge is -2.05. The molecule has 0 radical (unpaired) electrons. The molecule has 13 heavy (non-hydrogen) atoms. The van der Waals surface area contributed by atoms with E-state index in [2.05, 4.69) is 10.7 Å². The highest BCUT2D eigenvalue weighted by Crippen LogP contribution is 2.45. The van der Waals surface area contributed by atoms with Crippen LogP contribution in [0.15, 0.2) is 5.38 Å². The summed E-state index contributed by atoms with van der Waals surface area (Å²) in [7, 11) is 0. The molecule has 0 amide bonds.